The fourth-order valence-corrected chi connectivity index (χ4v) is 1.91. The van der Waals surface area contributed by atoms with Crippen molar-refractivity contribution in [3.8, 4) is 11.5 Å². The van der Waals surface area contributed by atoms with Crippen LogP contribution in [0.2, 0.25) is 0 Å². The molecule has 0 aromatic heterocycles. The van der Waals surface area contributed by atoms with Crippen LogP contribution < -0.4 is 14.8 Å². The van der Waals surface area contributed by atoms with Crippen molar-refractivity contribution < 1.29 is 23.8 Å². The van der Waals surface area contributed by atoms with Crippen LogP contribution in [0.4, 0.5) is 0 Å². The minimum atomic E-state index is -0.553. The molecule has 0 spiro atoms. The standard InChI is InChI=1S/C12H11NO5/c14-11(13-8-3-4-16-12(8)15)7-1-2-9-10(5-7)18-6-17-9/h1-2,5,8H,3-4,6H2,(H,13,14)/t8-/m0/s1. The summed E-state index contributed by atoms with van der Waals surface area (Å²) in [5, 5.41) is 2.63. The highest BCUT2D eigenvalue weighted by atomic mass is 16.7. The second-order valence-corrected chi connectivity index (χ2v) is 4.05. The second-order valence-electron chi connectivity index (χ2n) is 4.05. The van der Waals surface area contributed by atoms with Gasteiger partial charge in [-0.3, -0.25) is 4.79 Å². The van der Waals surface area contributed by atoms with E-state index in [-0.39, 0.29) is 18.7 Å². The maximum atomic E-state index is 11.9. The lowest BCUT2D eigenvalue weighted by Gasteiger charge is -2.09. The highest BCUT2D eigenvalue weighted by molar-refractivity contribution is 5.97. The predicted octanol–water partition coefficient (Wildman–Crippen LogP) is 0.461. The van der Waals surface area contributed by atoms with Crippen LogP contribution in [0.15, 0.2) is 18.2 Å². The molecule has 1 saturated heterocycles. The monoisotopic (exact) mass is 249 g/mol. The van der Waals surface area contributed by atoms with Crippen LogP contribution >= 0.6 is 0 Å². The number of carbonyl (C=O) groups excluding carboxylic acids is 2. The van der Waals surface area contributed by atoms with Crippen molar-refractivity contribution in [3.63, 3.8) is 0 Å². The van der Waals surface area contributed by atoms with Crippen LogP contribution in [0, 0.1) is 0 Å². The van der Waals surface area contributed by atoms with E-state index in [1.807, 2.05) is 0 Å². The third-order valence-electron chi connectivity index (χ3n) is 2.88. The molecule has 1 aromatic carbocycles. The number of hydrogen-bond donors (Lipinski definition) is 1. The summed E-state index contributed by atoms with van der Waals surface area (Å²) in [4.78, 5) is 23.2. The minimum absolute atomic E-state index is 0.162. The normalized spacial score (nSPS) is 20.7. The first-order valence-electron chi connectivity index (χ1n) is 5.61. The molecule has 3 rings (SSSR count). The molecule has 94 valence electrons. The second kappa shape index (κ2) is 4.21. The van der Waals surface area contributed by atoms with Gasteiger partial charge in [0.1, 0.15) is 6.04 Å². The van der Waals surface area contributed by atoms with Crippen molar-refractivity contribution in [2.45, 2.75) is 12.5 Å². The third-order valence-corrected chi connectivity index (χ3v) is 2.88. The Kier molecular flexibility index (Phi) is 2.55. The Morgan fingerprint density at radius 2 is 2.06 bits per heavy atom. The molecule has 0 bridgehead atoms. The summed E-state index contributed by atoms with van der Waals surface area (Å²) in [5.74, 6) is 0.449. The summed E-state index contributed by atoms with van der Waals surface area (Å²) in [6.07, 6.45) is 0.509. The summed E-state index contributed by atoms with van der Waals surface area (Å²) in [6.45, 7) is 0.514. The van der Waals surface area contributed by atoms with E-state index in [4.69, 9.17) is 14.2 Å². The molecule has 1 fully saturated rings. The van der Waals surface area contributed by atoms with Gasteiger partial charge in [0.05, 0.1) is 6.61 Å². The van der Waals surface area contributed by atoms with E-state index in [0.29, 0.717) is 30.1 Å². The number of hydrogen-bond acceptors (Lipinski definition) is 5. The minimum Gasteiger partial charge on any atom is -0.464 e. The molecular weight excluding hydrogens is 238 g/mol. The van der Waals surface area contributed by atoms with E-state index in [0.717, 1.165) is 0 Å². The molecule has 0 unspecified atom stereocenters. The lowest BCUT2D eigenvalue weighted by Crippen LogP contribution is -2.37. The molecule has 0 saturated carbocycles. The molecule has 1 amide bonds. The summed E-state index contributed by atoms with van der Waals surface area (Å²) in [6, 6.07) is 4.34. The number of fused-ring (bicyclic) bond motifs is 1. The van der Waals surface area contributed by atoms with Crippen LogP contribution in [-0.4, -0.2) is 31.3 Å². The van der Waals surface area contributed by atoms with Crippen LogP contribution in [0.1, 0.15) is 16.8 Å². The number of esters is 1. The molecule has 18 heavy (non-hydrogen) atoms. The zero-order valence-corrected chi connectivity index (χ0v) is 9.47. The van der Waals surface area contributed by atoms with Crippen LogP contribution in [-0.2, 0) is 9.53 Å². The van der Waals surface area contributed by atoms with Crippen molar-refractivity contribution in [2.75, 3.05) is 13.4 Å². The van der Waals surface area contributed by atoms with Gasteiger partial charge in [-0.2, -0.15) is 0 Å². The van der Waals surface area contributed by atoms with Gasteiger partial charge in [0, 0.05) is 12.0 Å². The fourth-order valence-electron chi connectivity index (χ4n) is 1.91. The van der Waals surface area contributed by atoms with Gasteiger partial charge in [-0.05, 0) is 18.2 Å². The van der Waals surface area contributed by atoms with Crippen molar-refractivity contribution >= 4 is 11.9 Å². The molecule has 1 aromatic rings. The van der Waals surface area contributed by atoms with Gasteiger partial charge in [0.25, 0.3) is 5.91 Å². The molecule has 1 atom stereocenters. The molecule has 1 N–H and O–H groups in total. The van der Waals surface area contributed by atoms with E-state index in [1.54, 1.807) is 18.2 Å². The predicted molar refractivity (Wildman–Crippen MR) is 59.4 cm³/mol. The smallest absolute Gasteiger partial charge is 0.328 e. The van der Waals surface area contributed by atoms with E-state index < -0.39 is 6.04 Å². The first-order chi connectivity index (χ1) is 8.74. The summed E-state index contributed by atoms with van der Waals surface area (Å²) >= 11 is 0. The molecular formula is C12H11NO5. The number of amides is 1. The highest BCUT2D eigenvalue weighted by Gasteiger charge is 2.28. The number of cyclic esters (lactones) is 1. The molecule has 2 aliphatic heterocycles. The first-order valence-corrected chi connectivity index (χ1v) is 5.61. The Bertz CT molecular complexity index is 513. The maximum Gasteiger partial charge on any atom is 0.328 e. The van der Waals surface area contributed by atoms with Gasteiger partial charge in [0.15, 0.2) is 11.5 Å². The molecule has 0 aliphatic carbocycles. The Balaban J connectivity index is 1.74. The van der Waals surface area contributed by atoms with Crippen molar-refractivity contribution in [1.29, 1.82) is 0 Å². The lowest BCUT2D eigenvalue weighted by molar-refractivity contribution is -0.139. The zero-order chi connectivity index (χ0) is 12.5. The van der Waals surface area contributed by atoms with Crippen molar-refractivity contribution in [1.82, 2.24) is 5.32 Å². The van der Waals surface area contributed by atoms with Gasteiger partial charge in [-0.15, -0.1) is 0 Å². The van der Waals surface area contributed by atoms with E-state index in [2.05, 4.69) is 5.32 Å². The first kappa shape index (κ1) is 10.9. The summed E-state index contributed by atoms with van der Waals surface area (Å²) in [7, 11) is 0. The Hall–Kier alpha value is -2.24. The summed E-state index contributed by atoms with van der Waals surface area (Å²) < 4.78 is 15.1. The largest absolute Gasteiger partial charge is 0.464 e. The van der Waals surface area contributed by atoms with Crippen LogP contribution in [0.25, 0.3) is 0 Å². The zero-order valence-electron chi connectivity index (χ0n) is 9.47. The fraction of sp³-hybridized carbons (Fsp3) is 0.333. The average Bonchev–Trinajstić information content (AvgIpc) is 2.98. The van der Waals surface area contributed by atoms with Gasteiger partial charge in [0.2, 0.25) is 6.79 Å². The third kappa shape index (κ3) is 1.85. The number of carbonyl (C=O) groups is 2. The quantitative estimate of drug-likeness (QED) is 0.771. The van der Waals surface area contributed by atoms with Crippen LogP contribution in [0.3, 0.4) is 0 Å². The van der Waals surface area contributed by atoms with Crippen LogP contribution in [0.5, 0.6) is 11.5 Å². The average molecular weight is 249 g/mol. The SMILES string of the molecule is O=C(N[C@H]1CCOC1=O)c1ccc2c(c1)OCO2. The van der Waals surface area contributed by atoms with Gasteiger partial charge < -0.3 is 19.5 Å². The number of benzene rings is 1. The van der Waals surface area contributed by atoms with Gasteiger partial charge in [-0.1, -0.05) is 0 Å². The summed E-state index contributed by atoms with van der Waals surface area (Å²) in [5.41, 5.74) is 0.430. The van der Waals surface area contributed by atoms with Gasteiger partial charge in [-0.25, -0.2) is 4.79 Å². The molecule has 6 nitrogen and oxygen atoms in total. The number of rotatable bonds is 2. The van der Waals surface area contributed by atoms with E-state index in [9.17, 15) is 9.59 Å². The lowest BCUT2D eigenvalue weighted by atomic mass is 10.1. The maximum absolute atomic E-state index is 11.9. The van der Waals surface area contributed by atoms with E-state index in [1.165, 1.54) is 0 Å². The van der Waals surface area contributed by atoms with Crippen molar-refractivity contribution in [2.24, 2.45) is 0 Å². The molecule has 2 aliphatic rings. The Morgan fingerprint density at radius 1 is 1.22 bits per heavy atom. The molecule has 0 radical (unpaired) electrons. The highest BCUT2D eigenvalue weighted by Crippen LogP contribution is 2.32. The number of nitrogens with one attached hydrogen (secondary N) is 1. The Morgan fingerprint density at radius 3 is 2.83 bits per heavy atom. The molecule has 2 heterocycles. The van der Waals surface area contributed by atoms with Gasteiger partial charge >= 0.3 is 5.97 Å². The van der Waals surface area contributed by atoms with E-state index >= 15 is 0 Å². The molecule has 6 heteroatoms. The topological polar surface area (TPSA) is 73.9 Å². The van der Waals surface area contributed by atoms with Crippen molar-refractivity contribution in [3.05, 3.63) is 23.8 Å². The number of ether oxygens (including phenoxy) is 3. The Labute approximate surface area is 103 Å².